The molecule has 2 unspecified atom stereocenters. The van der Waals surface area contributed by atoms with Crippen LogP contribution in [-0.4, -0.2) is 28.9 Å². The molecule has 1 heterocycles. The van der Waals surface area contributed by atoms with Crippen LogP contribution >= 0.6 is 0 Å². The van der Waals surface area contributed by atoms with E-state index in [1.165, 1.54) is 63.4 Å². The van der Waals surface area contributed by atoms with Gasteiger partial charge in [0.2, 0.25) is 0 Å². The number of nitrogens with zero attached hydrogens (tertiary/aromatic N) is 2. The number of hydrogen-bond acceptors (Lipinski definition) is 3. The van der Waals surface area contributed by atoms with E-state index in [4.69, 9.17) is 4.74 Å². The maximum Gasteiger partial charge on any atom is 0.159 e. The molecule has 34 heavy (non-hydrogen) atoms. The fourth-order valence-corrected chi connectivity index (χ4v) is 4.04. The van der Waals surface area contributed by atoms with Gasteiger partial charge in [-0.25, -0.2) is 18.7 Å². The van der Waals surface area contributed by atoms with E-state index in [1.807, 2.05) is 0 Å². The van der Waals surface area contributed by atoms with E-state index >= 15 is 0 Å². The molecule has 2 atom stereocenters. The first-order chi connectivity index (χ1) is 16.6. The van der Waals surface area contributed by atoms with E-state index in [1.54, 1.807) is 19.3 Å². The van der Waals surface area contributed by atoms with E-state index in [0.29, 0.717) is 37.3 Å². The van der Waals surface area contributed by atoms with Gasteiger partial charge in [-0.2, -0.15) is 0 Å². The number of rotatable bonds is 19. The predicted octanol–water partition coefficient (Wildman–Crippen LogP) is 8.85. The lowest BCUT2D eigenvalue weighted by Gasteiger charge is -2.11. The van der Waals surface area contributed by atoms with Gasteiger partial charge in [0.25, 0.3) is 0 Å². The van der Waals surface area contributed by atoms with Gasteiger partial charge in [-0.1, -0.05) is 89.5 Å². The standard InChI is InChI=1S/C29H44F2N2O/c1-3-5-6-7-8-9-10-11-12-14-24-17-19-25(20-18-24)29-32-21-28(22-33-29)34-23-27(31)16-13-15-26(30)4-2/h17-22,26-27H,3-16,23H2,1-2H3. The van der Waals surface area contributed by atoms with Crippen LogP contribution in [-0.2, 0) is 6.42 Å². The second kappa shape index (κ2) is 17.4. The first-order valence-corrected chi connectivity index (χ1v) is 13.4. The van der Waals surface area contributed by atoms with Crippen LogP contribution in [0.5, 0.6) is 5.75 Å². The normalized spacial score (nSPS) is 13.1. The molecule has 0 amide bonds. The molecule has 1 aromatic carbocycles. The van der Waals surface area contributed by atoms with Crippen molar-refractivity contribution < 1.29 is 13.5 Å². The second-order valence-corrected chi connectivity index (χ2v) is 9.36. The lowest BCUT2D eigenvalue weighted by Crippen LogP contribution is -2.13. The zero-order valence-electron chi connectivity index (χ0n) is 21.3. The minimum atomic E-state index is -1.11. The monoisotopic (exact) mass is 474 g/mol. The van der Waals surface area contributed by atoms with Gasteiger partial charge in [0, 0.05) is 5.56 Å². The number of hydrogen-bond donors (Lipinski definition) is 0. The third-order valence-electron chi connectivity index (χ3n) is 6.32. The molecular weight excluding hydrogens is 430 g/mol. The summed E-state index contributed by atoms with van der Waals surface area (Å²) >= 11 is 0. The van der Waals surface area contributed by atoms with E-state index in [0.717, 1.165) is 12.0 Å². The van der Waals surface area contributed by atoms with Crippen molar-refractivity contribution in [3.8, 4) is 17.1 Å². The van der Waals surface area contributed by atoms with Crippen LogP contribution in [0.2, 0.25) is 0 Å². The Morgan fingerprint density at radius 1 is 0.735 bits per heavy atom. The van der Waals surface area contributed by atoms with E-state index in [9.17, 15) is 8.78 Å². The van der Waals surface area contributed by atoms with Gasteiger partial charge < -0.3 is 4.74 Å². The Morgan fingerprint density at radius 3 is 1.94 bits per heavy atom. The van der Waals surface area contributed by atoms with Crippen LogP contribution in [0.4, 0.5) is 8.78 Å². The summed E-state index contributed by atoms with van der Waals surface area (Å²) in [5, 5.41) is 0. The van der Waals surface area contributed by atoms with Crippen molar-refractivity contribution in [2.24, 2.45) is 0 Å². The van der Waals surface area contributed by atoms with Crippen molar-refractivity contribution in [1.29, 1.82) is 0 Å². The molecule has 0 aliphatic heterocycles. The van der Waals surface area contributed by atoms with Crippen molar-refractivity contribution in [2.75, 3.05) is 6.61 Å². The van der Waals surface area contributed by atoms with E-state index in [2.05, 4.69) is 41.2 Å². The Bertz CT molecular complexity index is 752. The number of unbranched alkanes of at least 4 members (excludes halogenated alkanes) is 8. The fourth-order valence-electron chi connectivity index (χ4n) is 4.04. The third kappa shape index (κ3) is 11.9. The van der Waals surface area contributed by atoms with Crippen LogP contribution in [0.3, 0.4) is 0 Å². The molecule has 2 rings (SSSR count). The van der Waals surface area contributed by atoms with Crippen LogP contribution in [0, 0.1) is 0 Å². The number of halogens is 2. The molecule has 2 aromatic rings. The number of benzene rings is 1. The molecular formula is C29H44F2N2O. The Morgan fingerprint density at radius 2 is 1.32 bits per heavy atom. The molecule has 0 fully saturated rings. The van der Waals surface area contributed by atoms with Gasteiger partial charge in [-0.05, 0) is 44.1 Å². The zero-order valence-corrected chi connectivity index (χ0v) is 21.3. The molecule has 0 aliphatic carbocycles. The fraction of sp³-hybridized carbons (Fsp3) is 0.655. The molecule has 0 saturated carbocycles. The molecule has 0 radical (unpaired) electrons. The van der Waals surface area contributed by atoms with Gasteiger partial charge in [0.05, 0.1) is 18.6 Å². The average molecular weight is 475 g/mol. The van der Waals surface area contributed by atoms with Gasteiger partial charge in [-0.15, -0.1) is 0 Å². The zero-order chi connectivity index (χ0) is 24.4. The first-order valence-electron chi connectivity index (χ1n) is 13.4. The molecule has 0 N–H and O–H groups in total. The maximum atomic E-state index is 13.9. The number of aromatic nitrogens is 2. The Kier molecular flexibility index (Phi) is 14.4. The Hall–Kier alpha value is -2.04. The highest BCUT2D eigenvalue weighted by Gasteiger charge is 2.11. The smallest absolute Gasteiger partial charge is 0.159 e. The number of ether oxygens (including phenoxy) is 1. The summed E-state index contributed by atoms with van der Waals surface area (Å²) in [6.45, 7) is 4.01. The highest BCUT2D eigenvalue weighted by molar-refractivity contribution is 5.55. The SMILES string of the molecule is CCCCCCCCCCCc1ccc(-c2ncc(OCC(F)CCCC(F)CC)cn2)cc1. The van der Waals surface area contributed by atoms with Crippen LogP contribution in [0.1, 0.15) is 103 Å². The van der Waals surface area contributed by atoms with Crippen LogP contribution in [0.15, 0.2) is 36.7 Å². The first kappa shape index (κ1) is 28.2. The number of aryl methyl sites for hydroxylation is 1. The molecule has 0 aliphatic rings. The highest BCUT2D eigenvalue weighted by Crippen LogP contribution is 2.19. The lowest BCUT2D eigenvalue weighted by molar-refractivity contribution is 0.178. The number of alkyl halides is 2. The molecule has 0 saturated heterocycles. The molecule has 0 bridgehead atoms. The van der Waals surface area contributed by atoms with E-state index in [-0.39, 0.29) is 6.61 Å². The summed E-state index contributed by atoms with van der Waals surface area (Å²) in [4.78, 5) is 8.73. The molecule has 1 aromatic heterocycles. The van der Waals surface area contributed by atoms with Crippen LogP contribution in [0.25, 0.3) is 11.4 Å². The van der Waals surface area contributed by atoms with Gasteiger partial charge in [0.15, 0.2) is 11.6 Å². The largest absolute Gasteiger partial charge is 0.487 e. The van der Waals surface area contributed by atoms with Crippen molar-refractivity contribution in [2.45, 2.75) is 116 Å². The minimum absolute atomic E-state index is 0.0562. The average Bonchev–Trinajstić information content (AvgIpc) is 2.87. The van der Waals surface area contributed by atoms with Crippen molar-refractivity contribution in [3.05, 3.63) is 42.2 Å². The lowest BCUT2D eigenvalue weighted by atomic mass is 10.0. The van der Waals surface area contributed by atoms with Gasteiger partial charge in [-0.3, -0.25) is 0 Å². The second-order valence-electron chi connectivity index (χ2n) is 9.36. The minimum Gasteiger partial charge on any atom is -0.487 e. The van der Waals surface area contributed by atoms with Gasteiger partial charge in [0.1, 0.15) is 12.8 Å². The van der Waals surface area contributed by atoms with Gasteiger partial charge >= 0.3 is 0 Å². The summed E-state index contributed by atoms with van der Waals surface area (Å²) < 4.78 is 32.6. The topological polar surface area (TPSA) is 35.0 Å². The van der Waals surface area contributed by atoms with E-state index < -0.39 is 12.3 Å². The van der Waals surface area contributed by atoms with Crippen LogP contribution < -0.4 is 4.74 Å². The molecule has 3 nitrogen and oxygen atoms in total. The third-order valence-corrected chi connectivity index (χ3v) is 6.32. The summed E-state index contributed by atoms with van der Waals surface area (Å²) in [7, 11) is 0. The van der Waals surface area contributed by atoms with Crippen molar-refractivity contribution in [1.82, 2.24) is 9.97 Å². The predicted molar refractivity (Wildman–Crippen MR) is 138 cm³/mol. The summed E-state index contributed by atoms with van der Waals surface area (Å²) in [6, 6.07) is 8.43. The summed E-state index contributed by atoms with van der Waals surface area (Å²) in [6.07, 6.45) is 16.2. The van der Waals surface area contributed by atoms with Crippen molar-refractivity contribution in [3.63, 3.8) is 0 Å². The summed E-state index contributed by atoms with van der Waals surface area (Å²) in [5.74, 6) is 1.08. The molecule has 190 valence electrons. The van der Waals surface area contributed by atoms with Crippen molar-refractivity contribution >= 4 is 0 Å². The molecule has 5 heteroatoms. The Labute approximate surface area is 205 Å². The Balaban J connectivity index is 1.64. The highest BCUT2D eigenvalue weighted by atomic mass is 19.1. The summed E-state index contributed by atoms with van der Waals surface area (Å²) in [5.41, 5.74) is 2.31. The maximum absolute atomic E-state index is 13.9. The quantitative estimate of drug-likeness (QED) is 0.191. The molecule has 0 spiro atoms.